The number of nitriles is 1. The van der Waals surface area contributed by atoms with Gasteiger partial charge in [0.1, 0.15) is 11.1 Å². The minimum absolute atomic E-state index is 0.488. The number of aromatic nitrogens is 4. The minimum Gasteiger partial charge on any atom is -0.424 e. The molecule has 0 bridgehead atoms. The molecule has 0 saturated heterocycles. The van der Waals surface area contributed by atoms with Crippen molar-refractivity contribution in [3.8, 4) is 17.5 Å². The van der Waals surface area contributed by atoms with E-state index in [0.29, 0.717) is 28.8 Å². The maximum absolute atomic E-state index is 9.65. The topological polar surface area (TPSA) is 115 Å². The Bertz CT molecular complexity index is 1270. The van der Waals surface area contributed by atoms with E-state index in [0.717, 1.165) is 46.7 Å². The van der Waals surface area contributed by atoms with Crippen LogP contribution >= 0.6 is 11.3 Å². The van der Waals surface area contributed by atoms with Crippen LogP contribution in [0, 0.1) is 11.3 Å². The van der Waals surface area contributed by atoms with E-state index in [1.807, 2.05) is 36.5 Å². The third-order valence-electron chi connectivity index (χ3n) is 5.80. The first kappa shape index (κ1) is 19.4. The van der Waals surface area contributed by atoms with Gasteiger partial charge in [0.05, 0.1) is 28.8 Å². The second kappa shape index (κ2) is 7.60. The molecule has 0 aliphatic heterocycles. The Morgan fingerprint density at radius 1 is 1.19 bits per heavy atom. The lowest BCUT2D eigenvalue weighted by atomic mass is 9.72. The van der Waals surface area contributed by atoms with Crippen molar-refractivity contribution in [3.05, 3.63) is 76.1 Å². The average molecular weight is 429 g/mol. The van der Waals surface area contributed by atoms with E-state index in [1.165, 1.54) is 11.3 Å². The maximum Gasteiger partial charge on any atom is 0.226 e. The fourth-order valence-electron chi connectivity index (χ4n) is 4.23. The second-order valence-corrected chi connectivity index (χ2v) is 9.02. The number of nitrogens with two attached hydrogens (primary N) is 1. The van der Waals surface area contributed by atoms with E-state index in [4.69, 9.17) is 10.2 Å². The molecule has 4 aromatic heterocycles. The molecule has 8 heteroatoms. The van der Waals surface area contributed by atoms with Crippen LogP contribution < -0.4 is 5.73 Å². The van der Waals surface area contributed by atoms with E-state index in [9.17, 15) is 5.26 Å². The van der Waals surface area contributed by atoms with Crippen molar-refractivity contribution in [1.82, 2.24) is 20.2 Å². The van der Waals surface area contributed by atoms with Gasteiger partial charge < -0.3 is 10.2 Å². The van der Waals surface area contributed by atoms with E-state index < -0.39 is 5.41 Å². The molecule has 0 radical (unpaired) electrons. The van der Waals surface area contributed by atoms with Crippen molar-refractivity contribution in [2.24, 2.45) is 0 Å². The van der Waals surface area contributed by atoms with Gasteiger partial charge in [-0.3, -0.25) is 9.97 Å². The zero-order valence-corrected chi connectivity index (χ0v) is 17.8. The molecule has 154 valence electrons. The van der Waals surface area contributed by atoms with Crippen molar-refractivity contribution in [3.63, 3.8) is 0 Å². The highest BCUT2D eigenvalue weighted by molar-refractivity contribution is 7.16. The molecule has 2 N–H and O–H groups in total. The molecular formula is C23H20N6OS. The molecule has 1 aliphatic rings. The van der Waals surface area contributed by atoms with Crippen LogP contribution in [0.1, 0.15) is 53.1 Å². The molecule has 1 aliphatic carbocycles. The Hall–Kier alpha value is -3.57. The summed E-state index contributed by atoms with van der Waals surface area (Å²) in [4.78, 5) is 9.98. The molecular weight excluding hydrogens is 408 g/mol. The van der Waals surface area contributed by atoms with Gasteiger partial charge in [0.25, 0.3) is 0 Å². The molecule has 31 heavy (non-hydrogen) atoms. The normalized spacial score (nSPS) is 17.8. The summed E-state index contributed by atoms with van der Waals surface area (Å²) >= 11 is 1.50. The molecule has 0 saturated carbocycles. The lowest BCUT2D eigenvalue weighted by molar-refractivity contribution is 0.342. The van der Waals surface area contributed by atoms with Crippen molar-refractivity contribution in [1.29, 1.82) is 5.26 Å². The smallest absolute Gasteiger partial charge is 0.226 e. The summed E-state index contributed by atoms with van der Waals surface area (Å²) in [5.41, 5.74) is 9.74. The number of fused-ring (bicyclic) bond motifs is 1. The Labute approximate surface area is 183 Å². The average Bonchev–Trinajstić information content (AvgIpc) is 3.39. The highest BCUT2D eigenvalue weighted by Crippen LogP contribution is 2.48. The number of aryl methyl sites for hydroxylation is 1. The fourth-order valence-corrected chi connectivity index (χ4v) is 5.42. The summed E-state index contributed by atoms with van der Waals surface area (Å²) in [5.74, 6) is 1.06. The summed E-state index contributed by atoms with van der Waals surface area (Å²) in [6.45, 7) is 2.07. The van der Waals surface area contributed by atoms with E-state index in [-0.39, 0.29) is 0 Å². The summed E-state index contributed by atoms with van der Waals surface area (Å²) in [6, 6.07) is 12.0. The van der Waals surface area contributed by atoms with Crippen LogP contribution in [0.4, 0.5) is 5.00 Å². The SMILES string of the molecule is C[C@@]1(c2nnc(Cc3ccc(-c4ccccn4)nc3)o2)CCCc2sc(N)c(C#N)c21. The van der Waals surface area contributed by atoms with E-state index in [1.54, 1.807) is 6.20 Å². The number of rotatable bonds is 4. The first-order chi connectivity index (χ1) is 15.1. The zero-order chi connectivity index (χ0) is 21.4. The van der Waals surface area contributed by atoms with Gasteiger partial charge in [-0.15, -0.1) is 21.5 Å². The predicted octanol–water partition coefficient (Wildman–Crippen LogP) is 4.28. The van der Waals surface area contributed by atoms with Crippen molar-refractivity contribution < 1.29 is 4.42 Å². The first-order valence-electron chi connectivity index (χ1n) is 10.1. The predicted molar refractivity (Wildman–Crippen MR) is 117 cm³/mol. The molecule has 0 spiro atoms. The van der Waals surface area contributed by atoms with Crippen molar-refractivity contribution in [2.75, 3.05) is 5.73 Å². The summed E-state index contributed by atoms with van der Waals surface area (Å²) in [5, 5.41) is 18.9. The Balaban J connectivity index is 1.41. The van der Waals surface area contributed by atoms with Crippen molar-refractivity contribution in [2.45, 2.75) is 38.0 Å². The molecule has 1 atom stereocenters. The van der Waals surface area contributed by atoms with Crippen LogP contribution in [0.5, 0.6) is 0 Å². The highest BCUT2D eigenvalue weighted by atomic mass is 32.1. The molecule has 5 rings (SSSR count). The number of nitrogen functional groups attached to an aromatic ring is 1. The van der Waals surface area contributed by atoms with Gasteiger partial charge >= 0.3 is 0 Å². The van der Waals surface area contributed by atoms with Gasteiger partial charge in [-0.05, 0) is 49.9 Å². The molecule has 0 amide bonds. The third-order valence-corrected chi connectivity index (χ3v) is 6.88. The zero-order valence-electron chi connectivity index (χ0n) is 17.0. The second-order valence-electron chi connectivity index (χ2n) is 7.88. The maximum atomic E-state index is 9.65. The quantitative estimate of drug-likeness (QED) is 0.516. The number of nitrogens with zero attached hydrogens (tertiary/aromatic N) is 5. The number of anilines is 1. The van der Waals surface area contributed by atoms with Crippen LogP contribution in [0.25, 0.3) is 11.4 Å². The summed E-state index contributed by atoms with van der Waals surface area (Å²) in [6.07, 6.45) is 6.81. The lowest BCUT2D eigenvalue weighted by Crippen LogP contribution is -2.29. The first-order valence-corrected chi connectivity index (χ1v) is 10.9. The fraction of sp³-hybridized carbons (Fsp3) is 0.261. The van der Waals surface area contributed by atoms with E-state index in [2.05, 4.69) is 33.2 Å². The molecule has 7 nitrogen and oxygen atoms in total. The standard InChI is InChI=1S/C23H20N6OS/c1-23(9-4-6-18-20(23)15(12-24)21(25)31-18)22-29-28-19(30-22)11-14-7-8-17(27-13-14)16-5-2-3-10-26-16/h2-3,5,7-8,10,13H,4,6,9,11,25H2,1H3/t23-/m1/s1. The van der Waals surface area contributed by atoms with Gasteiger partial charge in [0.15, 0.2) is 0 Å². The van der Waals surface area contributed by atoms with Crippen LogP contribution in [-0.2, 0) is 18.3 Å². The molecule has 4 aromatic rings. The van der Waals surface area contributed by atoms with Gasteiger partial charge in [0, 0.05) is 22.8 Å². The van der Waals surface area contributed by atoms with Gasteiger partial charge in [-0.1, -0.05) is 12.1 Å². The number of thiophene rings is 1. The van der Waals surface area contributed by atoms with Crippen LogP contribution in [0.2, 0.25) is 0 Å². The van der Waals surface area contributed by atoms with Crippen LogP contribution in [-0.4, -0.2) is 20.2 Å². The third kappa shape index (κ3) is 3.37. The van der Waals surface area contributed by atoms with E-state index >= 15 is 0 Å². The summed E-state index contributed by atoms with van der Waals surface area (Å²) in [7, 11) is 0. The van der Waals surface area contributed by atoms with Gasteiger partial charge in [0.2, 0.25) is 11.8 Å². The molecule has 0 fully saturated rings. The lowest BCUT2D eigenvalue weighted by Gasteiger charge is -2.30. The number of pyridine rings is 2. The summed E-state index contributed by atoms with van der Waals surface area (Å²) < 4.78 is 6.10. The Morgan fingerprint density at radius 3 is 2.81 bits per heavy atom. The highest BCUT2D eigenvalue weighted by Gasteiger charge is 2.42. The minimum atomic E-state index is -0.501. The Kier molecular flexibility index (Phi) is 4.75. The number of hydrogen-bond donors (Lipinski definition) is 1. The Morgan fingerprint density at radius 2 is 2.06 bits per heavy atom. The molecule has 0 aromatic carbocycles. The monoisotopic (exact) mass is 428 g/mol. The van der Waals surface area contributed by atoms with Gasteiger partial charge in [-0.25, -0.2) is 0 Å². The van der Waals surface area contributed by atoms with Crippen LogP contribution in [0.3, 0.4) is 0 Å². The molecule has 4 heterocycles. The largest absolute Gasteiger partial charge is 0.424 e. The van der Waals surface area contributed by atoms with Crippen LogP contribution in [0.15, 0.2) is 47.1 Å². The van der Waals surface area contributed by atoms with Crippen molar-refractivity contribution >= 4 is 16.3 Å². The number of hydrogen-bond acceptors (Lipinski definition) is 8. The molecule has 0 unspecified atom stereocenters. The van der Waals surface area contributed by atoms with Gasteiger partial charge in [-0.2, -0.15) is 5.26 Å².